The maximum atomic E-state index is 14.6. The molecule has 0 spiro atoms. The highest BCUT2D eigenvalue weighted by molar-refractivity contribution is 5.63. The number of anilines is 3. The summed E-state index contributed by atoms with van der Waals surface area (Å²) in [5.74, 6) is 0.280. The third-order valence-corrected chi connectivity index (χ3v) is 7.03. The molecule has 0 amide bonds. The van der Waals surface area contributed by atoms with E-state index in [2.05, 4.69) is 23.8 Å². The van der Waals surface area contributed by atoms with E-state index in [1.807, 2.05) is 19.1 Å². The van der Waals surface area contributed by atoms with E-state index in [0.717, 1.165) is 29.8 Å². The molecule has 0 bridgehead atoms. The van der Waals surface area contributed by atoms with Crippen LogP contribution in [0.3, 0.4) is 0 Å². The highest BCUT2D eigenvalue weighted by Gasteiger charge is 2.72. The van der Waals surface area contributed by atoms with Gasteiger partial charge in [-0.25, -0.2) is 0 Å². The predicted octanol–water partition coefficient (Wildman–Crippen LogP) is 9.79. The molecule has 0 aliphatic heterocycles. The second kappa shape index (κ2) is 11.1. The third-order valence-electron chi connectivity index (χ3n) is 7.03. The van der Waals surface area contributed by atoms with Gasteiger partial charge in [0, 0.05) is 28.7 Å². The van der Waals surface area contributed by atoms with Crippen LogP contribution in [0.5, 0.6) is 0 Å². The summed E-state index contributed by atoms with van der Waals surface area (Å²) in [5, 5.41) is 6.04. The molecule has 4 rings (SSSR count). The van der Waals surface area contributed by atoms with Gasteiger partial charge >= 0.3 is 12.4 Å². The summed E-state index contributed by atoms with van der Waals surface area (Å²) in [6.45, 7) is 9.43. The normalized spacial score (nSPS) is 17.6. The number of benzene rings is 3. The number of allylic oxidation sites excluding steroid dienone is 4. The lowest BCUT2D eigenvalue weighted by molar-refractivity contribution is -0.288. The summed E-state index contributed by atoms with van der Waals surface area (Å²) < 4.78 is 87.4. The lowest BCUT2D eigenvalue weighted by Crippen LogP contribution is -2.54. The molecule has 2 nitrogen and oxygen atoms in total. The van der Waals surface area contributed by atoms with Crippen molar-refractivity contribution in [2.24, 2.45) is 11.8 Å². The fourth-order valence-electron chi connectivity index (χ4n) is 4.84. The standard InChI is InChI=1S/C32H28F6N2/c1-4-22-6-13-26(14-7-22)39-27-16-9-24(10-17-27)30(31(33,34)35,32(36,37)38)25-11-18-28(19-12-25)40-29-15-8-23(5-2)21(3)20-29/h4-21,23,39-40H,1-2H2,3H3. The average Bonchev–Trinajstić information content (AvgIpc) is 2.90. The smallest absolute Gasteiger partial charge is 0.356 e. The van der Waals surface area contributed by atoms with E-state index in [0.29, 0.717) is 22.8 Å². The molecule has 0 fully saturated rings. The highest BCUT2D eigenvalue weighted by atomic mass is 19.4. The van der Waals surface area contributed by atoms with E-state index in [-0.39, 0.29) is 11.8 Å². The number of hydrogen-bond donors (Lipinski definition) is 2. The molecule has 3 aromatic carbocycles. The number of alkyl halides is 6. The molecule has 1 aliphatic carbocycles. The monoisotopic (exact) mass is 554 g/mol. The van der Waals surface area contributed by atoms with Crippen molar-refractivity contribution in [1.29, 1.82) is 0 Å². The Morgan fingerprint density at radius 1 is 0.675 bits per heavy atom. The van der Waals surface area contributed by atoms with Crippen molar-refractivity contribution < 1.29 is 26.3 Å². The third kappa shape index (κ3) is 5.57. The van der Waals surface area contributed by atoms with Gasteiger partial charge < -0.3 is 10.6 Å². The van der Waals surface area contributed by atoms with Crippen LogP contribution in [0.1, 0.15) is 23.6 Å². The fraction of sp³-hybridized carbons (Fsp3) is 0.188. The Bertz CT molecular complexity index is 1380. The molecule has 8 heteroatoms. The molecule has 0 radical (unpaired) electrons. The van der Waals surface area contributed by atoms with Gasteiger partial charge in [-0.2, -0.15) is 26.3 Å². The van der Waals surface area contributed by atoms with E-state index in [9.17, 15) is 26.3 Å². The first-order chi connectivity index (χ1) is 18.9. The van der Waals surface area contributed by atoms with E-state index in [1.54, 1.807) is 42.5 Å². The number of rotatable bonds is 8. The number of nitrogens with one attached hydrogen (secondary N) is 2. The zero-order chi connectivity index (χ0) is 29.1. The predicted molar refractivity (Wildman–Crippen MR) is 149 cm³/mol. The Morgan fingerprint density at radius 3 is 1.52 bits per heavy atom. The quantitative estimate of drug-likeness (QED) is 0.214. The molecule has 3 aromatic rings. The summed E-state index contributed by atoms with van der Waals surface area (Å²) in [4.78, 5) is 0. The van der Waals surface area contributed by atoms with Gasteiger partial charge in [-0.15, -0.1) is 6.58 Å². The van der Waals surface area contributed by atoms with Crippen molar-refractivity contribution in [3.63, 3.8) is 0 Å². The van der Waals surface area contributed by atoms with Crippen LogP contribution in [0.15, 0.2) is 116 Å². The Balaban J connectivity index is 1.67. The molecule has 1 aliphatic rings. The van der Waals surface area contributed by atoms with Crippen molar-refractivity contribution in [2.45, 2.75) is 24.7 Å². The maximum absolute atomic E-state index is 14.6. The van der Waals surface area contributed by atoms with Crippen molar-refractivity contribution >= 4 is 23.1 Å². The molecule has 0 saturated heterocycles. The molecule has 208 valence electrons. The Labute approximate surface area is 229 Å². The molecule has 0 heterocycles. The molecule has 2 N–H and O–H groups in total. The SMILES string of the molecule is C=Cc1ccc(Nc2ccc(C(c3ccc(NC4=CC(C)C(C=C)C=C4)cc3)(C(F)(F)F)C(F)(F)F)cc2)cc1. The maximum Gasteiger partial charge on any atom is 0.411 e. The van der Waals surface area contributed by atoms with E-state index in [4.69, 9.17) is 0 Å². The summed E-state index contributed by atoms with van der Waals surface area (Å²) in [7, 11) is 0. The Hall–Kier alpha value is -4.20. The molecule has 0 aromatic heterocycles. The van der Waals surface area contributed by atoms with Crippen LogP contribution < -0.4 is 10.6 Å². The van der Waals surface area contributed by atoms with E-state index >= 15 is 0 Å². The molecule has 2 atom stereocenters. The highest BCUT2D eigenvalue weighted by Crippen LogP contribution is 2.56. The second-order valence-electron chi connectivity index (χ2n) is 9.63. The van der Waals surface area contributed by atoms with Crippen LogP contribution in [0.4, 0.5) is 43.4 Å². The van der Waals surface area contributed by atoms with Crippen LogP contribution >= 0.6 is 0 Å². The van der Waals surface area contributed by atoms with Crippen molar-refractivity contribution in [3.8, 4) is 0 Å². The zero-order valence-corrected chi connectivity index (χ0v) is 21.7. The first-order valence-electron chi connectivity index (χ1n) is 12.5. The first kappa shape index (κ1) is 28.8. The fourth-order valence-corrected chi connectivity index (χ4v) is 4.84. The lowest BCUT2D eigenvalue weighted by Gasteiger charge is -2.38. The van der Waals surface area contributed by atoms with Gasteiger partial charge in [-0.1, -0.05) is 74.2 Å². The molecule has 2 unspecified atom stereocenters. The molecular weight excluding hydrogens is 526 g/mol. The van der Waals surface area contributed by atoms with Crippen molar-refractivity contribution in [3.05, 3.63) is 133 Å². The van der Waals surface area contributed by atoms with Crippen LogP contribution in [-0.2, 0) is 5.41 Å². The first-order valence-corrected chi connectivity index (χ1v) is 12.5. The summed E-state index contributed by atoms with van der Waals surface area (Å²) in [5.41, 5.74) is -3.19. The van der Waals surface area contributed by atoms with Gasteiger partial charge in [-0.05, 0) is 65.1 Å². The van der Waals surface area contributed by atoms with Gasteiger partial charge in [0.25, 0.3) is 0 Å². The number of halogens is 6. The van der Waals surface area contributed by atoms with Gasteiger partial charge in [0.1, 0.15) is 0 Å². The average molecular weight is 555 g/mol. The van der Waals surface area contributed by atoms with Gasteiger partial charge in [-0.3, -0.25) is 0 Å². The minimum Gasteiger partial charge on any atom is -0.356 e. The number of hydrogen-bond acceptors (Lipinski definition) is 2. The van der Waals surface area contributed by atoms with Crippen molar-refractivity contribution in [2.75, 3.05) is 10.6 Å². The van der Waals surface area contributed by atoms with Crippen LogP contribution in [0.25, 0.3) is 6.08 Å². The van der Waals surface area contributed by atoms with Gasteiger partial charge in [0.2, 0.25) is 5.41 Å². The largest absolute Gasteiger partial charge is 0.411 e. The minimum atomic E-state index is -5.67. The Morgan fingerprint density at radius 2 is 1.12 bits per heavy atom. The van der Waals surface area contributed by atoms with Crippen LogP contribution in [0.2, 0.25) is 0 Å². The molecule has 40 heavy (non-hydrogen) atoms. The zero-order valence-electron chi connectivity index (χ0n) is 21.7. The van der Waals surface area contributed by atoms with E-state index < -0.39 is 28.9 Å². The molecule has 0 saturated carbocycles. The lowest BCUT2D eigenvalue weighted by atomic mass is 9.73. The topological polar surface area (TPSA) is 24.1 Å². The van der Waals surface area contributed by atoms with Crippen molar-refractivity contribution in [1.82, 2.24) is 0 Å². The molecular formula is C32H28F6N2. The second-order valence-corrected chi connectivity index (χ2v) is 9.63. The van der Waals surface area contributed by atoms with Crippen LogP contribution in [-0.4, -0.2) is 12.4 Å². The van der Waals surface area contributed by atoms with Crippen LogP contribution in [0, 0.1) is 11.8 Å². The summed E-state index contributed by atoms with van der Waals surface area (Å²) >= 11 is 0. The van der Waals surface area contributed by atoms with E-state index in [1.165, 1.54) is 24.3 Å². The minimum absolute atomic E-state index is 0.136. The summed E-state index contributed by atoms with van der Waals surface area (Å²) in [6, 6.07) is 15.4. The Kier molecular flexibility index (Phi) is 8.00. The van der Waals surface area contributed by atoms with Gasteiger partial charge in [0.15, 0.2) is 0 Å². The summed E-state index contributed by atoms with van der Waals surface area (Å²) in [6.07, 6.45) is -2.21. The van der Waals surface area contributed by atoms with Gasteiger partial charge in [0.05, 0.1) is 0 Å².